The van der Waals surface area contributed by atoms with Crippen molar-refractivity contribution in [2.75, 3.05) is 0 Å². The molecular weight excluding hydrogens is 280 g/mol. The van der Waals surface area contributed by atoms with Crippen molar-refractivity contribution in [1.29, 1.82) is 0 Å². The SMILES string of the molecule is CCCCc1c(Cl)c(O)c(O)c(C(=O)O)c1CCCC. The summed E-state index contributed by atoms with van der Waals surface area (Å²) in [6.07, 6.45) is 4.63. The van der Waals surface area contributed by atoms with Crippen LogP contribution >= 0.6 is 11.6 Å². The molecule has 20 heavy (non-hydrogen) atoms. The maximum Gasteiger partial charge on any atom is 0.339 e. The van der Waals surface area contributed by atoms with Gasteiger partial charge in [0, 0.05) is 0 Å². The van der Waals surface area contributed by atoms with E-state index in [0.29, 0.717) is 24.0 Å². The molecule has 0 radical (unpaired) electrons. The molecule has 0 aliphatic rings. The highest BCUT2D eigenvalue weighted by Gasteiger charge is 2.25. The Bertz CT molecular complexity index is 497. The summed E-state index contributed by atoms with van der Waals surface area (Å²) >= 11 is 6.09. The van der Waals surface area contributed by atoms with E-state index in [9.17, 15) is 20.1 Å². The smallest absolute Gasteiger partial charge is 0.339 e. The van der Waals surface area contributed by atoms with Gasteiger partial charge in [0.15, 0.2) is 11.5 Å². The summed E-state index contributed by atoms with van der Waals surface area (Å²) in [5.41, 5.74) is 0.981. The van der Waals surface area contributed by atoms with Gasteiger partial charge in [-0.1, -0.05) is 38.3 Å². The molecule has 0 bridgehead atoms. The molecule has 1 rings (SSSR count). The van der Waals surface area contributed by atoms with Crippen molar-refractivity contribution in [3.8, 4) is 11.5 Å². The Morgan fingerprint density at radius 1 is 1.00 bits per heavy atom. The van der Waals surface area contributed by atoms with Gasteiger partial charge in [0.2, 0.25) is 0 Å². The second kappa shape index (κ2) is 7.39. The Labute approximate surface area is 124 Å². The normalized spacial score (nSPS) is 10.8. The Kier molecular flexibility index (Phi) is 6.14. The van der Waals surface area contributed by atoms with Gasteiger partial charge < -0.3 is 15.3 Å². The Hall–Kier alpha value is -1.42. The summed E-state index contributed by atoms with van der Waals surface area (Å²) in [6.45, 7) is 4.03. The van der Waals surface area contributed by atoms with Crippen LogP contribution in [-0.2, 0) is 12.8 Å². The van der Waals surface area contributed by atoms with Crippen molar-refractivity contribution in [3.63, 3.8) is 0 Å². The lowest BCUT2D eigenvalue weighted by Crippen LogP contribution is -2.08. The molecule has 0 saturated carbocycles. The number of phenols is 2. The quantitative estimate of drug-likeness (QED) is 0.661. The van der Waals surface area contributed by atoms with E-state index < -0.39 is 17.5 Å². The topological polar surface area (TPSA) is 77.8 Å². The third-order valence-electron chi connectivity index (χ3n) is 3.37. The zero-order valence-corrected chi connectivity index (χ0v) is 12.6. The van der Waals surface area contributed by atoms with Crippen LogP contribution in [0.1, 0.15) is 61.0 Å². The first-order chi connectivity index (χ1) is 9.45. The number of phenolic OH excluding ortho intramolecular Hbond substituents is 1. The molecule has 1 aromatic rings. The molecule has 0 aromatic heterocycles. The molecule has 0 amide bonds. The van der Waals surface area contributed by atoms with Crippen molar-refractivity contribution >= 4 is 17.6 Å². The number of rotatable bonds is 7. The maximum atomic E-state index is 11.4. The highest BCUT2D eigenvalue weighted by molar-refractivity contribution is 6.33. The third-order valence-corrected chi connectivity index (χ3v) is 3.78. The van der Waals surface area contributed by atoms with Crippen LogP contribution in [0.3, 0.4) is 0 Å². The number of carboxylic acids is 1. The standard InChI is InChI=1S/C15H21ClO4/c1-3-5-7-9-10(8-6-4-2)12(16)14(18)13(17)11(9)15(19)20/h17-18H,3-8H2,1-2H3,(H,19,20). The van der Waals surface area contributed by atoms with Crippen LogP contribution in [0.4, 0.5) is 0 Å². The van der Waals surface area contributed by atoms with Crippen molar-refractivity contribution in [1.82, 2.24) is 0 Å². The summed E-state index contributed by atoms with van der Waals surface area (Å²) in [5.74, 6) is -2.40. The van der Waals surface area contributed by atoms with Gasteiger partial charge in [-0.2, -0.15) is 0 Å². The molecule has 4 nitrogen and oxygen atoms in total. The van der Waals surface area contributed by atoms with E-state index in [1.54, 1.807) is 0 Å². The van der Waals surface area contributed by atoms with E-state index in [-0.39, 0.29) is 10.6 Å². The molecule has 0 unspecified atom stereocenters. The summed E-state index contributed by atoms with van der Waals surface area (Å²) in [6, 6.07) is 0. The van der Waals surface area contributed by atoms with Crippen LogP contribution in [0.25, 0.3) is 0 Å². The first kappa shape index (κ1) is 16.6. The number of carboxylic acid groups (broad SMARTS) is 1. The van der Waals surface area contributed by atoms with E-state index >= 15 is 0 Å². The average Bonchev–Trinajstić information content (AvgIpc) is 2.41. The van der Waals surface area contributed by atoms with Gasteiger partial charge in [-0.3, -0.25) is 0 Å². The lowest BCUT2D eigenvalue weighted by atomic mass is 9.92. The lowest BCUT2D eigenvalue weighted by Gasteiger charge is -2.17. The summed E-state index contributed by atoms with van der Waals surface area (Å²) in [7, 11) is 0. The van der Waals surface area contributed by atoms with Gasteiger partial charge in [-0.25, -0.2) is 4.79 Å². The van der Waals surface area contributed by atoms with Gasteiger partial charge in [0.1, 0.15) is 5.56 Å². The highest BCUT2D eigenvalue weighted by Crippen LogP contribution is 2.42. The van der Waals surface area contributed by atoms with E-state index in [1.807, 2.05) is 13.8 Å². The summed E-state index contributed by atoms with van der Waals surface area (Å²) in [5, 5.41) is 29.1. The maximum absolute atomic E-state index is 11.4. The molecule has 5 heteroatoms. The Balaban J connectivity index is 3.47. The fourth-order valence-corrected chi connectivity index (χ4v) is 2.56. The number of halogens is 1. The van der Waals surface area contributed by atoms with E-state index in [1.165, 1.54) is 0 Å². The van der Waals surface area contributed by atoms with Crippen LogP contribution in [0.5, 0.6) is 11.5 Å². The van der Waals surface area contributed by atoms with E-state index in [2.05, 4.69) is 0 Å². The van der Waals surface area contributed by atoms with Gasteiger partial charge in [0.05, 0.1) is 5.02 Å². The minimum absolute atomic E-state index is 0.0760. The average molecular weight is 301 g/mol. The highest BCUT2D eigenvalue weighted by atomic mass is 35.5. The fraction of sp³-hybridized carbons (Fsp3) is 0.533. The summed E-state index contributed by atoms with van der Waals surface area (Å²) in [4.78, 5) is 11.4. The van der Waals surface area contributed by atoms with E-state index in [4.69, 9.17) is 11.6 Å². The second-order valence-corrected chi connectivity index (χ2v) is 5.23. The summed E-state index contributed by atoms with van der Waals surface area (Å²) < 4.78 is 0. The van der Waals surface area contributed by atoms with Crippen LogP contribution in [0.15, 0.2) is 0 Å². The first-order valence-electron chi connectivity index (χ1n) is 6.94. The van der Waals surface area contributed by atoms with Crippen molar-refractivity contribution in [2.24, 2.45) is 0 Å². The van der Waals surface area contributed by atoms with Crippen LogP contribution in [0.2, 0.25) is 5.02 Å². The molecule has 112 valence electrons. The number of hydrogen-bond acceptors (Lipinski definition) is 3. The number of benzene rings is 1. The molecule has 0 saturated heterocycles. The number of aromatic carboxylic acids is 1. The molecule has 3 N–H and O–H groups in total. The minimum atomic E-state index is -1.24. The number of hydrogen-bond donors (Lipinski definition) is 3. The van der Waals surface area contributed by atoms with Gasteiger partial charge in [-0.05, 0) is 36.8 Å². The molecule has 0 aliphatic heterocycles. The number of unbranched alkanes of at least 4 members (excludes halogenated alkanes) is 2. The Morgan fingerprint density at radius 2 is 1.50 bits per heavy atom. The molecule has 0 spiro atoms. The first-order valence-corrected chi connectivity index (χ1v) is 7.31. The lowest BCUT2D eigenvalue weighted by molar-refractivity contribution is 0.0691. The van der Waals surface area contributed by atoms with Gasteiger partial charge in [0.25, 0.3) is 0 Å². The molecule has 0 aliphatic carbocycles. The molecule has 1 aromatic carbocycles. The molecular formula is C15H21ClO4. The molecule has 0 atom stereocenters. The van der Waals surface area contributed by atoms with Crippen LogP contribution in [0, 0.1) is 0 Å². The molecule has 0 heterocycles. The zero-order chi connectivity index (χ0) is 15.3. The number of aromatic hydroxyl groups is 2. The third kappa shape index (κ3) is 3.37. The predicted octanol–water partition coefficient (Wildman–Crippen LogP) is 4.13. The zero-order valence-electron chi connectivity index (χ0n) is 11.9. The number of carbonyl (C=O) groups is 1. The Morgan fingerprint density at radius 3 is 1.95 bits per heavy atom. The minimum Gasteiger partial charge on any atom is -0.504 e. The monoisotopic (exact) mass is 300 g/mol. The fourth-order valence-electron chi connectivity index (χ4n) is 2.27. The van der Waals surface area contributed by atoms with Crippen LogP contribution < -0.4 is 0 Å². The van der Waals surface area contributed by atoms with Crippen molar-refractivity contribution in [2.45, 2.75) is 52.4 Å². The van der Waals surface area contributed by atoms with Crippen molar-refractivity contribution < 1.29 is 20.1 Å². The second-order valence-electron chi connectivity index (χ2n) is 4.86. The van der Waals surface area contributed by atoms with Gasteiger partial charge in [-0.15, -0.1) is 0 Å². The van der Waals surface area contributed by atoms with Gasteiger partial charge >= 0.3 is 5.97 Å². The van der Waals surface area contributed by atoms with E-state index in [0.717, 1.165) is 25.7 Å². The molecule has 0 fully saturated rings. The predicted molar refractivity (Wildman–Crippen MR) is 79.0 cm³/mol. The largest absolute Gasteiger partial charge is 0.504 e. The van der Waals surface area contributed by atoms with Crippen LogP contribution in [-0.4, -0.2) is 21.3 Å². The van der Waals surface area contributed by atoms with Crippen molar-refractivity contribution in [3.05, 3.63) is 21.7 Å².